The number of allylic oxidation sites excluding steroid dienone is 1. The first-order valence-corrected chi connectivity index (χ1v) is 17.8. The smallest absolute Gasteiger partial charge is 0.313 e. The van der Waals surface area contributed by atoms with Crippen molar-refractivity contribution in [2.45, 2.75) is 86.8 Å². The highest BCUT2D eigenvalue weighted by atomic mass is 79.9. The lowest BCUT2D eigenvalue weighted by Gasteiger charge is -2.40. The van der Waals surface area contributed by atoms with E-state index in [9.17, 15) is 24.3 Å². The van der Waals surface area contributed by atoms with E-state index in [0.717, 1.165) is 0 Å². The maximum atomic E-state index is 14.8. The number of aliphatic hydroxyl groups is 1. The van der Waals surface area contributed by atoms with Gasteiger partial charge in [0.25, 0.3) is 0 Å². The number of likely N-dealkylation sites (tertiary alicyclic amines) is 1. The summed E-state index contributed by atoms with van der Waals surface area (Å²) < 4.78 is 13.0. The summed E-state index contributed by atoms with van der Waals surface area (Å²) in [4.78, 5) is 59.4. The zero-order chi connectivity index (χ0) is 35.5. The van der Waals surface area contributed by atoms with Gasteiger partial charge in [0.05, 0.1) is 36.6 Å². The number of hydrogen-bond donors (Lipinski definition) is 2. The fraction of sp³-hybridized carbons (Fsp3) is 0.474. The van der Waals surface area contributed by atoms with Crippen LogP contribution >= 0.6 is 15.9 Å². The van der Waals surface area contributed by atoms with Crippen LogP contribution in [0.1, 0.15) is 63.3 Å². The molecule has 1 spiro atoms. The topological polar surface area (TPSA) is 125 Å². The summed E-state index contributed by atoms with van der Waals surface area (Å²) in [5.74, 6) is -3.75. The number of esters is 1. The number of rotatable bonds is 15. The Balaban J connectivity index is 1.55. The number of alkyl halides is 1. The van der Waals surface area contributed by atoms with E-state index in [4.69, 9.17) is 9.47 Å². The van der Waals surface area contributed by atoms with Crippen molar-refractivity contribution in [2.75, 3.05) is 13.2 Å². The molecule has 1 unspecified atom stereocenters. The number of hydrogen-bond acceptors (Lipinski definition) is 7. The Morgan fingerprint density at radius 3 is 2.29 bits per heavy atom. The largest absolute Gasteiger partial charge is 0.455 e. The van der Waals surface area contributed by atoms with Crippen LogP contribution in [0.15, 0.2) is 86.0 Å². The van der Waals surface area contributed by atoms with Crippen molar-refractivity contribution in [3.63, 3.8) is 0 Å². The number of carbonyl (C=O) groups is 4. The zero-order valence-corrected chi connectivity index (χ0v) is 29.8. The van der Waals surface area contributed by atoms with Crippen LogP contribution in [0.5, 0.6) is 0 Å². The average molecular weight is 737 g/mol. The van der Waals surface area contributed by atoms with Gasteiger partial charge in [-0.15, -0.1) is 13.2 Å². The number of ether oxygens (including phenoxy) is 2. The van der Waals surface area contributed by atoms with E-state index in [1.54, 1.807) is 36.1 Å². The molecule has 3 saturated heterocycles. The molecule has 3 heterocycles. The summed E-state index contributed by atoms with van der Waals surface area (Å²) >= 11 is 3.73. The second kappa shape index (κ2) is 15.4. The Morgan fingerprint density at radius 2 is 1.71 bits per heavy atom. The molecule has 2 aromatic rings. The van der Waals surface area contributed by atoms with Gasteiger partial charge in [0.15, 0.2) is 0 Å². The van der Waals surface area contributed by atoms with Gasteiger partial charge in [-0.05, 0) is 44.7 Å². The van der Waals surface area contributed by atoms with Crippen molar-refractivity contribution in [1.82, 2.24) is 15.1 Å². The molecule has 3 aliphatic rings. The first kappa shape index (κ1) is 36.5. The predicted octanol–water partition coefficient (Wildman–Crippen LogP) is 4.65. The van der Waals surface area contributed by atoms with Crippen LogP contribution < -0.4 is 5.32 Å². The van der Waals surface area contributed by atoms with Gasteiger partial charge in [-0.25, -0.2) is 0 Å². The molecule has 3 amide bonds. The van der Waals surface area contributed by atoms with E-state index in [-0.39, 0.29) is 35.6 Å². The van der Waals surface area contributed by atoms with E-state index in [1.165, 1.54) is 4.90 Å². The van der Waals surface area contributed by atoms with Crippen molar-refractivity contribution < 1.29 is 33.8 Å². The summed E-state index contributed by atoms with van der Waals surface area (Å²) in [5.41, 5.74) is -0.0306. The number of benzene rings is 2. The van der Waals surface area contributed by atoms with Crippen molar-refractivity contribution in [3.8, 4) is 0 Å². The number of nitrogens with zero attached hydrogens (tertiary/aromatic N) is 2. The maximum Gasteiger partial charge on any atom is 0.313 e. The lowest BCUT2D eigenvalue weighted by molar-refractivity contribution is -0.162. The minimum Gasteiger partial charge on any atom is -0.455 e. The Labute approximate surface area is 296 Å². The molecule has 10 nitrogen and oxygen atoms in total. The molecule has 49 heavy (non-hydrogen) atoms. The van der Waals surface area contributed by atoms with E-state index in [0.29, 0.717) is 24.0 Å². The highest BCUT2D eigenvalue weighted by molar-refractivity contribution is 9.09. The molecule has 3 fully saturated rings. The quantitative estimate of drug-likeness (QED) is 0.155. The van der Waals surface area contributed by atoms with E-state index in [2.05, 4.69) is 34.4 Å². The molecule has 2 N–H and O–H groups in total. The van der Waals surface area contributed by atoms with Crippen LogP contribution in [0.2, 0.25) is 0 Å². The average Bonchev–Trinajstić information content (AvgIpc) is 3.69. The third-order valence-corrected chi connectivity index (χ3v) is 10.8. The molecule has 5 rings (SSSR count). The van der Waals surface area contributed by atoms with Gasteiger partial charge in [0.1, 0.15) is 17.7 Å². The minimum absolute atomic E-state index is 0.208. The number of halogens is 1. The SMILES string of the molecule is C=CCCC(=O)N[C@H](C)[C@@H](OC(=O)[C@H]1[C@@H]2O[C@@]3(CC2Br)[C@@H]1C(=O)N([C@H](CO)c1ccccc1)[C@@H]3C(=O)N(CC=C)C(C)C)c1ccccc1. The van der Waals surface area contributed by atoms with Crippen molar-refractivity contribution in [3.05, 3.63) is 97.1 Å². The van der Waals surface area contributed by atoms with Gasteiger partial charge in [0, 0.05) is 23.8 Å². The van der Waals surface area contributed by atoms with Crippen LogP contribution in [0.4, 0.5) is 0 Å². The second-order valence-corrected chi connectivity index (χ2v) is 14.5. The molecule has 2 aromatic carbocycles. The maximum absolute atomic E-state index is 14.8. The Bertz CT molecular complexity index is 1540. The molecular formula is C38H46BrN3O7. The summed E-state index contributed by atoms with van der Waals surface area (Å²) in [6, 6.07) is 15.4. The summed E-state index contributed by atoms with van der Waals surface area (Å²) in [7, 11) is 0. The normalized spacial score (nSPS) is 27.3. The van der Waals surface area contributed by atoms with Crippen LogP contribution in [-0.2, 0) is 28.7 Å². The van der Waals surface area contributed by atoms with Crippen molar-refractivity contribution in [2.24, 2.45) is 11.8 Å². The van der Waals surface area contributed by atoms with E-state index in [1.807, 2.05) is 62.4 Å². The fourth-order valence-electron chi connectivity index (χ4n) is 7.77. The lowest BCUT2D eigenvalue weighted by Crippen LogP contribution is -2.58. The molecule has 0 radical (unpaired) electrons. The second-order valence-electron chi connectivity index (χ2n) is 13.3. The number of aliphatic hydroxyl groups excluding tert-OH is 1. The third kappa shape index (κ3) is 6.85. The molecule has 262 valence electrons. The minimum atomic E-state index is -1.36. The van der Waals surface area contributed by atoms with Gasteiger partial charge in [-0.3, -0.25) is 19.2 Å². The summed E-state index contributed by atoms with van der Waals surface area (Å²) in [6.45, 7) is 12.9. The molecule has 0 saturated carbocycles. The van der Waals surface area contributed by atoms with Gasteiger partial charge in [-0.2, -0.15) is 0 Å². The van der Waals surface area contributed by atoms with Crippen LogP contribution in [0, 0.1) is 11.8 Å². The molecule has 3 aliphatic heterocycles. The highest BCUT2D eigenvalue weighted by Crippen LogP contribution is 2.61. The van der Waals surface area contributed by atoms with Crippen LogP contribution in [0.3, 0.4) is 0 Å². The van der Waals surface area contributed by atoms with Crippen molar-refractivity contribution in [1.29, 1.82) is 0 Å². The number of amides is 3. The zero-order valence-electron chi connectivity index (χ0n) is 28.2. The van der Waals surface area contributed by atoms with E-state index < -0.39 is 66.3 Å². The number of carbonyl (C=O) groups excluding carboxylic acids is 4. The Hall–Kier alpha value is -3.80. The molecule has 9 atom stereocenters. The van der Waals surface area contributed by atoms with Crippen molar-refractivity contribution >= 4 is 39.6 Å². The van der Waals surface area contributed by atoms with Gasteiger partial charge in [-0.1, -0.05) is 88.7 Å². The van der Waals surface area contributed by atoms with E-state index >= 15 is 0 Å². The monoisotopic (exact) mass is 735 g/mol. The first-order valence-electron chi connectivity index (χ1n) is 16.9. The summed E-state index contributed by atoms with van der Waals surface area (Å²) in [6.07, 6.45) is 2.73. The fourth-order valence-corrected chi connectivity index (χ4v) is 8.72. The summed E-state index contributed by atoms with van der Waals surface area (Å²) in [5, 5.41) is 13.7. The van der Waals surface area contributed by atoms with Crippen LogP contribution in [0.25, 0.3) is 0 Å². The molecule has 0 aromatic heterocycles. The lowest BCUT2D eigenvalue weighted by atomic mass is 9.70. The highest BCUT2D eigenvalue weighted by Gasteiger charge is 2.77. The van der Waals surface area contributed by atoms with Gasteiger partial charge in [0.2, 0.25) is 17.7 Å². The predicted molar refractivity (Wildman–Crippen MR) is 188 cm³/mol. The molecule has 0 aliphatic carbocycles. The number of nitrogens with one attached hydrogen (secondary N) is 1. The Morgan fingerprint density at radius 1 is 1.08 bits per heavy atom. The standard InChI is InChI=1S/C38H46BrN3O7/c1-6-8-19-29(44)40-24(5)32(26-17-13-10-14-18-26)48-37(47)30-31-35(45)42(28(22-43)25-15-11-9-12-16-25)34(36(46)41(20-7-2)23(3)4)38(31)21-27(39)33(30)49-38/h6-7,9-18,23-24,27-28,30-34,43H,1-2,8,19-22H2,3-5H3,(H,40,44)/t24-,27?,28-,30-,31+,32-,33-,34-,38+/m1/s1. The number of fused-ring (bicyclic) bond motifs is 1. The Kier molecular flexibility index (Phi) is 11.5. The van der Waals surface area contributed by atoms with Gasteiger partial charge < -0.3 is 29.7 Å². The third-order valence-electron chi connectivity index (χ3n) is 9.95. The molecule has 2 bridgehead atoms. The molecule has 11 heteroatoms. The van der Waals surface area contributed by atoms with Crippen LogP contribution in [-0.4, -0.2) is 86.4 Å². The van der Waals surface area contributed by atoms with Gasteiger partial charge >= 0.3 is 5.97 Å². The first-order chi connectivity index (χ1) is 23.5. The molecular weight excluding hydrogens is 690 g/mol.